The Kier molecular flexibility index (Phi) is 5.96. The molecule has 0 fully saturated rings. The van der Waals surface area contributed by atoms with E-state index in [4.69, 9.17) is 8.83 Å². The molecule has 4 heterocycles. The van der Waals surface area contributed by atoms with Gasteiger partial charge in [-0.2, -0.15) is 0 Å². The molecule has 248 valence electrons. The molecule has 0 bridgehead atoms. The van der Waals surface area contributed by atoms with Crippen LogP contribution < -0.4 is 4.90 Å². The van der Waals surface area contributed by atoms with Gasteiger partial charge in [-0.1, -0.05) is 96.7 Å². The van der Waals surface area contributed by atoms with Gasteiger partial charge in [0, 0.05) is 71.3 Å². The van der Waals surface area contributed by atoms with E-state index in [1.54, 1.807) is 0 Å². The van der Waals surface area contributed by atoms with Gasteiger partial charge in [0.1, 0.15) is 22.3 Å². The Labute approximate surface area is 308 Å². The quantitative estimate of drug-likeness (QED) is 0.183. The number of nitrogens with zero attached hydrogens (tertiary/aromatic N) is 2. The van der Waals surface area contributed by atoms with Crippen molar-refractivity contribution in [3.05, 3.63) is 170 Å². The molecule has 0 aliphatic carbocycles. The van der Waals surface area contributed by atoms with Crippen LogP contribution in [0.4, 0.5) is 17.1 Å². The van der Waals surface area contributed by atoms with Crippen molar-refractivity contribution in [2.75, 3.05) is 4.90 Å². The summed E-state index contributed by atoms with van der Waals surface area (Å²) < 4.78 is 15.2. The van der Waals surface area contributed by atoms with E-state index in [2.05, 4.69) is 155 Å². The molecule has 11 aromatic rings. The molecule has 4 nitrogen and oxygen atoms in total. The molecule has 0 atom stereocenters. The first kappa shape index (κ1) is 28.9. The first-order valence-electron chi connectivity index (χ1n) is 17.8. The average Bonchev–Trinajstić information content (AvgIpc) is 3.89. The van der Waals surface area contributed by atoms with E-state index in [1.165, 1.54) is 48.4 Å². The molecule has 0 saturated carbocycles. The van der Waals surface area contributed by atoms with Crippen molar-refractivity contribution in [3.63, 3.8) is 0 Å². The summed E-state index contributed by atoms with van der Waals surface area (Å²) in [5.41, 5.74) is 12.7. The Hall–Kier alpha value is -6.69. The molecule has 0 saturated heterocycles. The highest BCUT2D eigenvalue weighted by Crippen LogP contribution is 2.50. The second kappa shape index (κ2) is 10.9. The van der Waals surface area contributed by atoms with E-state index in [-0.39, 0.29) is 0 Å². The van der Waals surface area contributed by atoms with E-state index >= 15 is 0 Å². The van der Waals surface area contributed by atoms with Crippen LogP contribution in [0.25, 0.3) is 82.5 Å². The zero-order valence-electron chi connectivity index (χ0n) is 28.3. The van der Waals surface area contributed by atoms with Gasteiger partial charge in [-0.3, -0.25) is 0 Å². The smallest absolute Gasteiger partial charge is 0.137 e. The Balaban J connectivity index is 1.04. The summed E-state index contributed by atoms with van der Waals surface area (Å²) in [7, 11) is 0. The largest absolute Gasteiger partial charge is 0.456 e. The van der Waals surface area contributed by atoms with Crippen LogP contribution in [0.15, 0.2) is 188 Å². The molecule has 0 N–H and O–H groups in total. The van der Waals surface area contributed by atoms with Crippen LogP contribution in [-0.2, 0) is 0 Å². The molecule has 12 rings (SSSR count). The summed E-state index contributed by atoms with van der Waals surface area (Å²) in [4.78, 5) is 4.85. The van der Waals surface area contributed by atoms with Gasteiger partial charge >= 0.3 is 0 Å². The first-order valence-corrected chi connectivity index (χ1v) is 18.7. The number of aromatic nitrogens is 1. The zero-order valence-corrected chi connectivity index (χ0v) is 29.1. The molecule has 3 aromatic heterocycles. The predicted octanol–water partition coefficient (Wildman–Crippen LogP) is 14.2. The van der Waals surface area contributed by atoms with Gasteiger partial charge in [-0.05, 0) is 83.9 Å². The van der Waals surface area contributed by atoms with E-state index in [1.807, 2.05) is 36.0 Å². The van der Waals surface area contributed by atoms with Gasteiger partial charge < -0.3 is 18.3 Å². The van der Waals surface area contributed by atoms with Crippen LogP contribution in [0.3, 0.4) is 0 Å². The van der Waals surface area contributed by atoms with E-state index < -0.39 is 0 Å². The molecule has 5 heteroatoms. The summed E-state index contributed by atoms with van der Waals surface area (Å²) in [5.74, 6) is 0. The van der Waals surface area contributed by atoms with Crippen molar-refractivity contribution in [1.29, 1.82) is 0 Å². The third kappa shape index (κ3) is 4.20. The van der Waals surface area contributed by atoms with Crippen molar-refractivity contribution in [2.45, 2.75) is 9.79 Å². The first-order chi connectivity index (χ1) is 26.3. The fourth-order valence-corrected chi connectivity index (χ4v) is 9.51. The average molecular weight is 697 g/mol. The number of hydrogen-bond acceptors (Lipinski definition) is 4. The van der Waals surface area contributed by atoms with Gasteiger partial charge in [-0.15, -0.1) is 0 Å². The molecule has 1 aliphatic heterocycles. The molecule has 53 heavy (non-hydrogen) atoms. The van der Waals surface area contributed by atoms with Gasteiger partial charge in [0.2, 0.25) is 0 Å². The molecule has 0 radical (unpaired) electrons. The fourth-order valence-electron chi connectivity index (χ4n) is 8.43. The number of fused-ring (bicyclic) bond motifs is 11. The summed E-state index contributed by atoms with van der Waals surface area (Å²) in [6.07, 6.45) is 0. The molecule has 1 aliphatic rings. The highest BCUT2D eigenvalue weighted by atomic mass is 32.2. The molecule has 0 spiro atoms. The molecular weight excluding hydrogens is 669 g/mol. The summed E-state index contributed by atoms with van der Waals surface area (Å²) in [5, 5.41) is 7.00. The van der Waals surface area contributed by atoms with Crippen molar-refractivity contribution in [2.24, 2.45) is 0 Å². The maximum Gasteiger partial charge on any atom is 0.137 e. The lowest BCUT2D eigenvalue weighted by atomic mass is 9.99. The summed E-state index contributed by atoms with van der Waals surface area (Å²) in [6.45, 7) is 0. The van der Waals surface area contributed by atoms with Crippen LogP contribution >= 0.6 is 11.8 Å². The van der Waals surface area contributed by atoms with E-state index in [0.29, 0.717) is 0 Å². The second-order valence-electron chi connectivity index (χ2n) is 13.7. The van der Waals surface area contributed by atoms with Crippen molar-refractivity contribution >= 4 is 94.5 Å². The normalized spacial score (nSPS) is 12.5. The third-order valence-electron chi connectivity index (χ3n) is 10.8. The molecular formula is C48H28N2O2S. The fraction of sp³-hybridized carbons (Fsp3) is 0. The number of benzene rings is 8. The van der Waals surface area contributed by atoms with Crippen LogP contribution in [0.2, 0.25) is 0 Å². The number of rotatable bonds is 4. The van der Waals surface area contributed by atoms with Crippen molar-refractivity contribution < 1.29 is 8.83 Å². The van der Waals surface area contributed by atoms with Crippen LogP contribution in [0.5, 0.6) is 0 Å². The van der Waals surface area contributed by atoms with Crippen LogP contribution in [0, 0.1) is 0 Å². The summed E-state index contributed by atoms with van der Waals surface area (Å²) in [6, 6.07) is 60.6. The van der Waals surface area contributed by atoms with E-state index in [9.17, 15) is 0 Å². The Morgan fingerprint density at radius 3 is 1.70 bits per heavy atom. The number of hydrogen-bond donors (Lipinski definition) is 0. The third-order valence-corrected chi connectivity index (χ3v) is 11.9. The zero-order chi connectivity index (χ0) is 34.6. The monoisotopic (exact) mass is 696 g/mol. The van der Waals surface area contributed by atoms with E-state index in [0.717, 1.165) is 60.9 Å². The van der Waals surface area contributed by atoms with Crippen LogP contribution in [0.1, 0.15) is 0 Å². The van der Waals surface area contributed by atoms with Gasteiger partial charge in [0.25, 0.3) is 0 Å². The summed E-state index contributed by atoms with van der Waals surface area (Å²) >= 11 is 1.86. The predicted molar refractivity (Wildman–Crippen MR) is 220 cm³/mol. The van der Waals surface area contributed by atoms with Gasteiger partial charge in [0.15, 0.2) is 0 Å². The Bertz CT molecular complexity index is 3160. The van der Waals surface area contributed by atoms with Crippen LogP contribution in [-0.4, -0.2) is 4.57 Å². The van der Waals surface area contributed by atoms with Gasteiger partial charge in [0.05, 0.1) is 16.7 Å². The number of anilines is 3. The minimum atomic E-state index is 0.856. The highest BCUT2D eigenvalue weighted by molar-refractivity contribution is 7.99. The Morgan fingerprint density at radius 2 is 1.00 bits per heavy atom. The standard InChI is InChI=1S/C48H28N2O2S/c1-4-12-39-38(11-1)47-33(25-26-46-48(47)50(39)40-13-5-8-16-45(40)53-46)29-17-19-30(20-18-29)49(31-21-23-36-34-9-2-6-14-41(34)51-43(36)27-31)32-22-24-37-35-10-3-7-15-42(35)52-44(37)28-32/h1-28H. The lowest BCUT2D eigenvalue weighted by Gasteiger charge is -2.25. The lowest BCUT2D eigenvalue weighted by molar-refractivity contribution is 0.669. The molecule has 0 amide bonds. The Morgan fingerprint density at radius 1 is 0.434 bits per heavy atom. The van der Waals surface area contributed by atoms with Gasteiger partial charge in [-0.25, -0.2) is 0 Å². The minimum Gasteiger partial charge on any atom is -0.456 e. The number of para-hydroxylation sites is 4. The maximum absolute atomic E-state index is 6.38. The van der Waals surface area contributed by atoms with Crippen molar-refractivity contribution in [1.82, 2.24) is 4.57 Å². The minimum absolute atomic E-state index is 0.856. The number of furan rings is 2. The topological polar surface area (TPSA) is 34.5 Å². The highest BCUT2D eigenvalue weighted by Gasteiger charge is 2.25. The SMILES string of the molecule is c1ccc2c(c1)Sc1ccc(-c3ccc(N(c4ccc5c(c4)oc4ccccc45)c4ccc5c(c4)oc4ccccc45)cc3)c3c4ccccc4n-2c13. The molecule has 0 unspecified atom stereocenters. The van der Waals surface area contributed by atoms with Crippen molar-refractivity contribution in [3.8, 4) is 16.8 Å². The molecule has 8 aromatic carbocycles. The maximum atomic E-state index is 6.38. The lowest BCUT2D eigenvalue weighted by Crippen LogP contribution is -2.09. The second-order valence-corrected chi connectivity index (χ2v) is 14.8.